The lowest BCUT2D eigenvalue weighted by Gasteiger charge is -2.46. The van der Waals surface area contributed by atoms with Crippen molar-refractivity contribution in [2.75, 3.05) is 142 Å². The maximum atomic E-state index is 13.8. The highest BCUT2D eigenvalue weighted by Crippen LogP contribution is 2.36. The summed E-state index contributed by atoms with van der Waals surface area (Å²) in [6.45, 7) is 3.09. The quantitative estimate of drug-likeness (QED) is 0.0115. The van der Waals surface area contributed by atoms with Crippen molar-refractivity contribution in [2.24, 2.45) is 5.11 Å². The normalized spacial score (nSPS) is 19.8. The summed E-state index contributed by atoms with van der Waals surface area (Å²) in [4.78, 5) is 93.8. The molecule has 0 radical (unpaired) electrons. The third kappa shape index (κ3) is 30.2. The topological polar surface area (TPSA) is 523 Å². The van der Waals surface area contributed by atoms with E-state index in [1.165, 1.54) is 78.1 Å². The number of phenolic OH excluding ortho intramolecular Hbond substituents is 2. The SMILES string of the molecule is CC(=O)N[C@H]1[C@H]([C@H](O)[C@H](O)CNC(=O)c2ccc(-c3ccc(O)cc3)cc2)O[C@@](OCCCSCCNC(=O)c2ccc(C(=O)NCCSCCCO[C@]3(C(=O)O)C[C@H](O)C[C@H]([C@H](O)[C@H](O)CNC(=O)c4ccc(-c5ccc(O)cc5)cc4)O3)cc2OCCOCCOCCOCCOCCOCCN=[N+]=[N-])(C(=O)O)C[C@@H]1O. The number of phenols is 2. The molecule has 37 heteroatoms. The first-order valence-corrected chi connectivity index (χ1v) is 38.9. The van der Waals surface area contributed by atoms with Gasteiger partial charge in [0.05, 0.1) is 121 Å². The van der Waals surface area contributed by atoms with Gasteiger partial charge in [-0.15, -0.1) is 0 Å². The van der Waals surface area contributed by atoms with E-state index in [1.807, 2.05) is 0 Å². The summed E-state index contributed by atoms with van der Waals surface area (Å²) in [6, 6.07) is 28.8. The first-order valence-electron chi connectivity index (χ1n) is 36.6. The minimum atomic E-state index is -2.55. The minimum absolute atomic E-state index is 0.0334. The van der Waals surface area contributed by atoms with Crippen molar-refractivity contribution in [3.63, 3.8) is 0 Å². The number of hydrogen-bond donors (Lipinski definition) is 15. The monoisotopic (exact) mass is 1620 g/mol. The Balaban J connectivity index is 0.842. The van der Waals surface area contributed by atoms with Crippen LogP contribution in [0.3, 0.4) is 0 Å². The van der Waals surface area contributed by atoms with Crippen molar-refractivity contribution in [3.05, 3.63) is 148 Å². The number of carbonyl (C=O) groups is 7. The maximum absolute atomic E-state index is 13.8. The minimum Gasteiger partial charge on any atom is -0.508 e. The average Bonchev–Trinajstić information content (AvgIpc) is 0.777. The molecule has 113 heavy (non-hydrogen) atoms. The summed E-state index contributed by atoms with van der Waals surface area (Å²) >= 11 is 2.79. The number of nitrogens with one attached hydrogen (secondary N) is 5. The molecule has 0 unspecified atom stereocenters. The van der Waals surface area contributed by atoms with Gasteiger partial charge in [0.25, 0.3) is 35.2 Å². The van der Waals surface area contributed by atoms with Gasteiger partial charge in [0.15, 0.2) is 0 Å². The van der Waals surface area contributed by atoms with Crippen LogP contribution < -0.4 is 31.3 Å². The predicted octanol–water partition coefficient (Wildman–Crippen LogP) is 3.00. The zero-order valence-corrected chi connectivity index (χ0v) is 64.0. The number of nitrogens with zero attached hydrogens (tertiary/aromatic N) is 3. The standard InChI is InChI=1S/C76H100N8O27S2/c1-48(85)83-65-60(89)45-76(74(100)101,111-68(65)67(93)62(91)47-81-70(95)54-10-6-50(7-11-54)52-14-19-57(87)20-15-52)109-26-3-39-113-41-24-79-72(97)59-21-16-55(42-63(59)107-37-36-106-35-34-105-33-32-104-31-30-103-29-28-102-27-22-82-84-77)71(96)78-23-40-112-38-2-25-108-75(73(98)99)44-58(88)43-64(110-75)66(92)61(90)46-80-69(94)53-8-4-49(5-9-53)51-12-17-56(86)18-13-51/h4-21,42,58,60-62,64-68,86-93H,2-3,22-41,43-47H2,1H3,(H,78,96)(H,79,97)(H,80,94)(H,81,95)(H,83,85)(H,98,99)(H,100,101)/t58-,60+,61-,62-,64-,65-,66-,67-,68-,75-,76-/m1/s1. The Morgan fingerprint density at radius 3 is 1.42 bits per heavy atom. The lowest BCUT2D eigenvalue weighted by molar-refractivity contribution is -0.310. The fourth-order valence-corrected chi connectivity index (χ4v) is 13.2. The van der Waals surface area contributed by atoms with Crippen LogP contribution in [0.4, 0.5) is 0 Å². The van der Waals surface area contributed by atoms with Crippen LogP contribution in [0.15, 0.2) is 120 Å². The Morgan fingerprint density at radius 1 is 0.531 bits per heavy atom. The Bertz CT molecular complexity index is 3840. The molecular formula is C76H100N8O27S2. The molecule has 2 aliphatic rings. The second kappa shape index (κ2) is 48.4. The Labute approximate surface area is 660 Å². The Hall–Kier alpha value is -8.80. The molecule has 5 aromatic rings. The molecule has 5 aromatic carbocycles. The Morgan fingerprint density at radius 2 is 0.956 bits per heavy atom. The number of amides is 5. The number of azide groups is 1. The van der Waals surface area contributed by atoms with E-state index in [-0.39, 0.29) is 112 Å². The van der Waals surface area contributed by atoms with Gasteiger partial charge in [-0.2, -0.15) is 23.5 Å². The highest BCUT2D eigenvalue weighted by Gasteiger charge is 2.56. The van der Waals surface area contributed by atoms with Gasteiger partial charge < -0.3 is 125 Å². The van der Waals surface area contributed by atoms with E-state index in [0.717, 1.165) is 29.2 Å². The zero-order valence-electron chi connectivity index (χ0n) is 62.3. The van der Waals surface area contributed by atoms with E-state index in [0.29, 0.717) is 75.7 Å². The van der Waals surface area contributed by atoms with Gasteiger partial charge in [-0.1, -0.05) is 53.6 Å². The van der Waals surface area contributed by atoms with Crippen molar-refractivity contribution in [1.29, 1.82) is 0 Å². The van der Waals surface area contributed by atoms with Gasteiger partial charge in [-0.3, -0.25) is 24.0 Å². The van der Waals surface area contributed by atoms with Gasteiger partial charge >= 0.3 is 11.9 Å². The number of ether oxygens (including phenoxy) is 10. The number of aliphatic hydroxyl groups is 6. The molecule has 5 amide bonds. The molecule has 2 fully saturated rings. The number of carboxylic acid groups (broad SMARTS) is 2. The van der Waals surface area contributed by atoms with Crippen molar-refractivity contribution < 1.29 is 132 Å². The summed E-state index contributed by atoms with van der Waals surface area (Å²) in [5, 5.41) is 123. The molecule has 11 atom stereocenters. The molecule has 0 aromatic heterocycles. The smallest absolute Gasteiger partial charge is 0.364 e. The highest BCUT2D eigenvalue weighted by atomic mass is 32.2. The van der Waals surface area contributed by atoms with E-state index in [4.69, 9.17) is 52.9 Å². The third-order valence-corrected chi connectivity index (χ3v) is 19.7. The van der Waals surface area contributed by atoms with Crippen molar-refractivity contribution in [2.45, 2.75) is 105 Å². The molecule has 0 saturated carbocycles. The van der Waals surface area contributed by atoms with Crippen LogP contribution in [-0.2, 0) is 57.0 Å². The molecule has 7 rings (SSSR count). The third-order valence-electron chi connectivity index (χ3n) is 17.6. The largest absolute Gasteiger partial charge is 0.508 e. The molecule has 2 saturated heterocycles. The maximum Gasteiger partial charge on any atom is 0.364 e. The fourth-order valence-electron chi connectivity index (χ4n) is 11.7. The van der Waals surface area contributed by atoms with Crippen LogP contribution in [0.1, 0.15) is 80.5 Å². The first kappa shape index (κ1) is 91.4. The van der Waals surface area contributed by atoms with Crippen LogP contribution >= 0.6 is 23.5 Å². The van der Waals surface area contributed by atoms with Crippen LogP contribution in [0.5, 0.6) is 17.2 Å². The molecule has 35 nitrogen and oxygen atoms in total. The number of aliphatic hydroxyl groups excluding tert-OH is 6. The van der Waals surface area contributed by atoms with E-state index in [1.54, 1.807) is 60.7 Å². The van der Waals surface area contributed by atoms with Crippen molar-refractivity contribution in [1.82, 2.24) is 26.6 Å². The van der Waals surface area contributed by atoms with Crippen LogP contribution in [-0.4, -0.2) is 301 Å². The summed E-state index contributed by atoms with van der Waals surface area (Å²) in [6.07, 6.45) is -14.2. The molecule has 0 bridgehead atoms. The number of benzene rings is 5. The molecular weight excluding hydrogens is 1520 g/mol. The van der Waals surface area contributed by atoms with E-state index < -0.39 is 134 Å². The lowest BCUT2D eigenvalue weighted by atomic mass is 9.88. The highest BCUT2D eigenvalue weighted by molar-refractivity contribution is 7.99. The lowest BCUT2D eigenvalue weighted by Crippen LogP contribution is -2.68. The zero-order chi connectivity index (χ0) is 81.6. The summed E-state index contributed by atoms with van der Waals surface area (Å²) in [5.74, 6) is -9.18. The molecule has 15 N–H and O–H groups in total. The van der Waals surface area contributed by atoms with E-state index >= 15 is 0 Å². The van der Waals surface area contributed by atoms with Gasteiger partial charge in [0.1, 0.15) is 42.2 Å². The molecule has 2 heterocycles. The number of carbonyl (C=O) groups excluding carboxylic acids is 5. The summed E-state index contributed by atoms with van der Waals surface area (Å²) in [5.41, 5.74) is 12.2. The van der Waals surface area contributed by atoms with Gasteiger partial charge in [0, 0.05) is 92.0 Å². The molecule has 2 aliphatic heterocycles. The van der Waals surface area contributed by atoms with Crippen LogP contribution in [0.2, 0.25) is 0 Å². The molecule has 0 aliphatic carbocycles. The van der Waals surface area contributed by atoms with Crippen molar-refractivity contribution >= 4 is 65.0 Å². The molecule has 0 spiro atoms. The number of hydrogen-bond acceptors (Lipinski definition) is 28. The summed E-state index contributed by atoms with van der Waals surface area (Å²) < 4.78 is 56.7. The number of aliphatic carboxylic acids is 2. The van der Waals surface area contributed by atoms with Crippen LogP contribution in [0.25, 0.3) is 32.7 Å². The van der Waals surface area contributed by atoms with Crippen molar-refractivity contribution in [3.8, 4) is 39.5 Å². The first-order chi connectivity index (χ1) is 54.4. The predicted molar refractivity (Wildman–Crippen MR) is 410 cm³/mol. The average molecular weight is 1620 g/mol. The van der Waals surface area contributed by atoms with Gasteiger partial charge in [0.2, 0.25) is 5.91 Å². The van der Waals surface area contributed by atoms with Crippen LogP contribution in [0, 0.1) is 0 Å². The van der Waals surface area contributed by atoms with Gasteiger partial charge in [-0.05, 0) is 119 Å². The Kier molecular flexibility index (Phi) is 39.2. The van der Waals surface area contributed by atoms with E-state index in [9.17, 15) is 84.6 Å². The second-order valence-corrected chi connectivity index (χ2v) is 28.4. The van der Waals surface area contributed by atoms with Gasteiger partial charge in [-0.25, -0.2) is 9.59 Å². The number of thioether (sulfide) groups is 2. The summed E-state index contributed by atoms with van der Waals surface area (Å²) in [7, 11) is 0. The number of carboxylic acids is 2. The number of aromatic hydroxyl groups is 2. The fraction of sp³-hybridized carbons (Fsp3) is 0.513. The molecule has 618 valence electrons. The number of rotatable bonds is 52. The van der Waals surface area contributed by atoms with E-state index in [2.05, 4.69) is 36.6 Å². The second-order valence-electron chi connectivity index (χ2n) is 25.9.